The zero-order chi connectivity index (χ0) is 19.5. The molecule has 0 aliphatic carbocycles. The van der Waals surface area contributed by atoms with Crippen LogP contribution >= 0.6 is 11.6 Å². The number of nitrogens with zero attached hydrogens (tertiary/aromatic N) is 2. The molecule has 1 aliphatic rings. The van der Waals surface area contributed by atoms with E-state index in [4.69, 9.17) is 21.1 Å². The number of nitriles is 1. The van der Waals surface area contributed by atoms with E-state index in [1.807, 2.05) is 30.3 Å². The van der Waals surface area contributed by atoms with Gasteiger partial charge in [0.15, 0.2) is 0 Å². The van der Waals surface area contributed by atoms with Gasteiger partial charge in [-0.2, -0.15) is 5.26 Å². The van der Waals surface area contributed by atoms with Gasteiger partial charge in [-0.25, -0.2) is 4.79 Å². The van der Waals surface area contributed by atoms with Gasteiger partial charge in [0, 0.05) is 10.7 Å². The molecule has 1 aliphatic heterocycles. The molecule has 0 radical (unpaired) electrons. The number of hydrogen-bond acceptors (Lipinski definition) is 4. The first-order valence-electron chi connectivity index (χ1n) is 8.64. The van der Waals surface area contributed by atoms with Crippen molar-refractivity contribution in [1.82, 2.24) is 0 Å². The van der Waals surface area contributed by atoms with Gasteiger partial charge < -0.3 is 9.47 Å². The van der Waals surface area contributed by atoms with E-state index in [1.54, 1.807) is 47.4 Å². The summed E-state index contributed by atoms with van der Waals surface area (Å²) in [6.45, 7) is 0.236. The maximum atomic E-state index is 12.3. The maximum Gasteiger partial charge on any atom is 0.415 e. The number of carbonyl (C=O) groups is 1. The molecular formula is C22H15ClN2O3. The van der Waals surface area contributed by atoms with Gasteiger partial charge in [0.1, 0.15) is 24.2 Å². The average molecular weight is 391 g/mol. The Hall–Kier alpha value is -3.49. The summed E-state index contributed by atoms with van der Waals surface area (Å²) in [5, 5.41) is 9.83. The largest absolute Gasteiger partial charge is 0.456 e. The fourth-order valence-electron chi connectivity index (χ4n) is 3.11. The van der Waals surface area contributed by atoms with Crippen molar-refractivity contribution in [2.24, 2.45) is 0 Å². The van der Waals surface area contributed by atoms with Crippen LogP contribution in [0.2, 0.25) is 5.02 Å². The number of halogens is 1. The van der Waals surface area contributed by atoms with E-state index in [0.717, 1.165) is 5.56 Å². The van der Waals surface area contributed by atoms with E-state index in [9.17, 15) is 10.1 Å². The predicted molar refractivity (Wildman–Crippen MR) is 106 cm³/mol. The van der Waals surface area contributed by atoms with Crippen LogP contribution in [0.5, 0.6) is 11.5 Å². The fraction of sp³-hybridized carbons (Fsp3) is 0.0909. The zero-order valence-corrected chi connectivity index (χ0v) is 15.5. The third-order valence-corrected chi connectivity index (χ3v) is 4.71. The van der Waals surface area contributed by atoms with Crippen LogP contribution in [-0.4, -0.2) is 12.7 Å². The van der Waals surface area contributed by atoms with Crippen LogP contribution in [0.4, 0.5) is 10.5 Å². The first-order chi connectivity index (χ1) is 13.7. The van der Waals surface area contributed by atoms with Crippen molar-refractivity contribution < 1.29 is 14.3 Å². The summed E-state index contributed by atoms with van der Waals surface area (Å²) < 4.78 is 11.2. The van der Waals surface area contributed by atoms with Crippen LogP contribution in [0.1, 0.15) is 17.2 Å². The Labute approximate surface area is 167 Å². The minimum Gasteiger partial charge on any atom is -0.456 e. The van der Waals surface area contributed by atoms with Crippen molar-refractivity contribution in [3.05, 3.63) is 88.9 Å². The van der Waals surface area contributed by atoms with Gasteiger partial charge in [-0.3, -0.25) is 4.90 Å². The molecule has 1 saturated heterocycles. The summed E-state index contributed by atoms with van der Waals surface area (Å²) >= 11 is 5.96. The van der Waals surface area contributed by atoms with E-state index in [0.29, 0.717) is 27.8 Å². The number of para-hydroxylation sites is 1. The molecule has 3 aromatic carbocycles. The van der Waals surface area contributed by atoms with E-state index >= 15 is 0 Å². The Morgan fingerprint density at radius 1 is 1.07 bits per heavy atom. The van der Waals surface area contributed by atoms with Gasteiger partial charge in [0.05, 0.1) is 11.6 Å². The van der Waals surface area contributed by atoms with Crippen molar-refractivity contribution in [2.45, 2.75) is 6.04 Å². The summed E-state index contributed by atoms with van der Waals surface area (Å²) in [6, 6.07) is 23.3. The van der Waals surface area contributed by atoms with Crippen molar-refractivity contribution in [3.8, 4) is 17.6 Å². The number of anilines is 1. The van der Waals surface area contributed by atoms with Gasteiger partial charge in [-0.1, -0.05) is 35.9 Å². The zero-order valence-electron chi connectivity index (χ0n) is 14.7. The van der Waals surface area contributed by atoms with Crippen LogP contribution in [0, 0.1) is 11.3 Å². The van der Waals surface area contributed by atoms with Crippen molar-refractivity contribution in [3.63, 3.8) is 0 Å². The summed E-state index contributed by atoms with van der Waals surface area (Å²) in [7, 11) is 0. The molecule has 0 aromatic heterocycles. The van der Waals surface area contributed by atoms with Crippen LogP contribution in [0.25, 0.3) is 0 Å². The molecule has 4 rings (SSSR count). The number of amides is 1. The number of hydrogen-bond donors (Lipinski definition) is 0. The average Bonchev–Trinajstić information content (AvgIpc) is 3.11. The lowest BCUT2D eigenvalue weighted by Gasteiger charge is -2.22. The second-order valence-corrected chi connectivity index (χ2v) is 6.66. The quantitative estimate of drug-likeness (QED) is 0.573. The smallest absolute Gasteiger partial charge is 0.415 e. The highest BCUT2D eigenvalue weighted by Gasteiger charge is 2.35. The lowest BCUT2D eigenvalue weighted by atomic mass is 10.1. The first-order valence-corrected chi connectivity index (χ1v) is 9.02. The fourth-order valence-corrected chi connectivity index (χ4v) is 3.24. The summed E-state index contributed by atoms with van der Waals surface area (Å²) in [6.07, 6.45) is -0.409. The molecule has 28 heavy (non-hydrogen) atoms. The van der Waals surface area contributed by atoms with E-state index in [1.165, 1.54) is 0 Å². The third kappa shape index (κ3) is 3.51. The number of cyclic esters (lactones) is 1. The number of rotatable bonds is 4. The number of benzene rings is 3. The van der Waals surface area contributed by atoms with Crippen LogP contribution < -0.4 is 9.64 Å². The van der Waals surface area contributed by atoms with Crippen molar-refractivity contribution in [1.29, 1.82) is 5.26 Å². The Balaban J connectivity index is 1.64. The summed E-state index contributed by atoms with van der Waals surface area (Å²) in [4.78, 5) is 13.9. The molecule has 1 fully saturated rings. The normalized spacial score (nSPS) is 15.8. The molecule has 0 saturated carbocycles. The molecule has 6 heteroatoms. The van der Waals surface area contributed by atoms with Gasteiger partial charge >= 0.3 is 6.09 Å². The molecule has 1 heterocycles. The lowest BCUT2D eigenvalue weighted by Crippen LogP contribution is -2.27. The third-order valence-electron chi connectivity index (χ3n) is 4.46. The molecule has 138 valence electrons. The molecule has 3 aromatic rings. The Bertz CT molecular complexity index is 1060. The molecule has 0 N–H and O–H groups in total. The van der Waals surface area contributed by atoms with Crippen LogP contribution in [-0.2, 0) is 4.74 Å². The van der Waals surface area contributed by atoms with Crippen molar-refractivity contribution >= 4 is 23.4 Å². The number of ether oxygens (including phenoxy) is 2. The van der Waals surface area contributed by atoms with Crippen LogP contribution in [0.3, 0.4) is 0 Å². The molecule has 5 nitrogen and oxygen atoms in total. The van der Waals surface area contributed by atoms with Gasteiger partial charge in [0.25, 0.3) is 0 Å². The minimum absolute atomic E-state index is 0.236. The van der Waals surface area contributed by atoms with E-state index in [-0.39, 0.29) is 12.6 Å². The molecule has 1 atom stereocenters. The Kier molecular flexibility index (Phi) is 4.88. The summed E-state index contributed by atoms with van der Waals surface area (Å²) in [5.41, 5.74) is 2.03. The van der Waals surface area contributed by atoms with Gasteiger partial charge in [-0.15, -0.1) is 0 Å². The minimum atomic E-state index is -0.409. The molecular weight excluding hydrogens is 376 g/mol. The predicted octanol–water partition coefficient (Wildman–Crippen LogP) is 5.70. The maximum absolute atomic E-state index is 12.3. The topological polar surface area (TPSA) is 62.6 Å². The SMILES string of the molecule is N#Cc1ccccc1Oc1cccc([C@H]2COC(=O)N2c2ccc(Cl)cc2)c1. The molecule has 1 amide bonds. The number of carbonyl (C=O) groups excluding carboxylic acids is 1. The first kappa shape index (κ1) is 17.9. The Morgan fingerprint density at radius 2 is 1.86 bits per heavy atom. The second kappa shape index (κ2) is 7.63. The highest BCUT2D eigenvalue weighted by molar-refractivity contribution is 6.30. The van der Waals surface area contributed by atoms with E-state index in [2.05, 4.69) is 6.07 Å². The molecule has 0 unspecified atom stereocenters. The highest BCUT2D eigenvalue weighted by atomic mass is 35.5. The Morgan fingerprint density at radius 3 is 2.64 bits per heavy atom. The monoisotopic (exact) mass is 390 g/mol. The standard InChI is InChI=1S/C22H15ClN2O3/c23-17-8-10-18(11-9-17)25-20(14-27-22(25)26)15-5-3-6-19(12-15)28-21-7-2-1-4-16(21)13-24/h1-12,20H,14H2/t20-/m1/s1. The van der Waals surface area contributed by atoms with Gasteiger partial charge in [-0.05, 0) is 54.1 Å². The summed E-state index contributed by atoms with van der Waals surface area (Å²) in [5.74, 6) is 1.06. The molecule has 0 spiro atoms. The molecule has 0 bridgehead atoms. The van der Waals surface area contributed by atoms with E-state index < -0.39 is 6.09 Å². The van der Waals surface area contributed by atoms with Crippen molar-refractivity contribution in [2.75, 3.05) is 11.5 Å². The highest BCUT2D eigenvalue weighted by Crippen LogP contribution is 2.35. The lowest BCUT2D eigenvalue weighted by molar-refractivity contribution is 0.179. The van der Waals surface area contributed by atoms with Gasteiger partial charge in [0.2, 0.25) is 0 Å². The second-order valence-electron chi connectivity index (χ2n) is 6.22. The van der Waals surface area contributed by atoms with Crippen LogP contribution in [0.15, 0.2) is 72.8 Å².